The lowest BCUT2D eigenvalue weighted by atomic mass is 9.75. The Morgan fingerprint density at radius 3 is 2.79 bits per heavy atom. The summed E-state index contributed by atoms with van der Waals surface area (Å²) < 4.78 is 0. The molecular formula is C13H25N. The van der Waals surface area contributed by atoms with Crippen LogP contribution in [0.4, 0.5) is 0 Å². The van der Waals surface area contributed by atoms with E-state index in [4.69, 9.17) is 5.73 Å². The van der Waals surface area contributed by atoms with Crippen LogP contribution < -0.4 is 5.73 Å². The average molecular weight is 195 g/mol. The van der Waals surface area contributed by atoms with Gasteiger partial charge in [0.2, 0.25) is 0 Å². The van der Waals surface area contributed by atoms with E-state index in [1.54, 1.807) is 5.57 Å². The van der Waals surface area contributed by atoms with Crippen LogP contribution in [0.5, 0.6) is 0 Å². The molecule has 1 nitrogen and oxygen atoms in total. The van der Waals surface area contributed by atoms with Gasteiger partial charge in [0.1, 0.15) is 0 Å². The predicted octanol–water partition coefficient (Wildman–Crippen LogP) is 3.64. The second kappa shape index (κ2) is 4.97. The Morgan fingerprint density at radius 2 is 2.21 bits per heavy atom. The van der Waals surface area contributed by atoms with E-state index < -0.39 is 0 Å². The molecule has 0 aromatic heterocycles. The van der Waals surface area contributed by atoms with Crippen molar-refractivity contribution in [3.63, 3.8) is 0 Å². The molecule has 0 spiro atoms. The first kappa shape index (κ1) is 11.8. The van der Waals surface area contributed by atoms with Crippen LogP contribution in [0.2, 0.25) is 0 Å². The highest BCUT2D eigenvalue weighted by molar-refractivity contribution is 5.08. The van der Waals surface area contributed by atoms with Crippen molar-refractivity contribution >= 4 is 0 Å². The monoisotopic (exact) mass is 195 g/mol. The highest BCUT2D eigenvalue weighted by Crippen LogP contribution is 2.38. The first-order chi connectivity index (χ1) is 6.53. The fraction of sp³-hybridized carbons (Fsp3) is 0.846. The Labute approximate surface area is 88.8 Å². The lowest BCUT2D eigenvalue weighted by Gasteiger charge is -2.31. The third kappa shape index (κ3) is 3.83. The van der Waals surface area contributed by atoms with Crippen LogP contribution in [-0.2, 0) is 0 Å². The summed E-state index contributed by atoms with van der Waals surface area (Å²) in [4.78, 5) is 0. The van der Waals surface area contributed by atoms with Crippen molar-refractivity contribution < 1.29 is 0 Å². The first-order valence-electron chi connectivity index (χ1n) is 5.97. The second-order valence-corrected chi connectivity index (χ2v) is 5.46. The number of hydrogen-bond acceptors (Lipinski definition) is 1. The van der Waals surface area contributed by atoms with Crippen LogP contribution in [0.1, 0.15) is 59.3 Å². The van der Waals surface area contributed by atoms with Crippen molar-refractivity contribution in [3.8, 4) is 0 Å². The molecule has 1 saturated carbocycles. The highest BCUT2D eigenvalue weighted by atomic mass is 14.6. The van der Waals surface area contributed by atoms with Gasteiger partial charge in [0.25, 0.3) is 0 Å². The summed E-state index contributed by atoms with van der Waals surface area (Å²) in [6.07, 6.45) is 9.89. The minimum atomic E-state index is 0.368. The van der Waals surface area contributed by atoms with Gasteiger partial charge in [-0.2, -0.15) is 0 Å². The molecule has 0 radical (unpaired) electrons. The molecule has 0 amide bonds. The Hall–Kier alpha value is -0.300. The normalized spacial score (nSPS) is 26.4. The summed E-state index contributed by atoms with van der Waals surface area (Å²) >= 11 is 0. The second-order valence-electron chi connectivity index (χ2n) is 5.46. The van der Waals surface area contributed by atoms with Crippen LogP contribution >= 0.6 is 0 Å². The Bertz CT molecular complexity index is 203. The van der Waals surface area contributed by atoms with Gasteiger partial charge in [-0.05, 0) is 43.9 Å². The summed E-state index contributed by atoms with van der Waals surface area (Å²) in [5.74, 6) is 0. The maximum Gasteiger partial charge on any atom is 0.00708 e. The van der Waals surface area contributed by atoms with E-state index in [9.17, 15) is 0 Å². The molecule has 82 valence electrons. The van der Waals surface area contributed by atoms with Crippen LogP contribution in [-0.4, -0.2) is 6.04 Å². The number of hydrogen-bond donors (Lipinski definition) is 1. The molecule has 1 atom stereocenters. The molecule has 0 aromatic rings. The molecule has 1 heteroatoms. The molecule has 14 heavy (non-hydrogen) atoms. The molecule has 2 N–H and O–H groups in total. The van der Waals surface area contributed by atoms with E-state index in [0.29, 0.717) is 11.5 Å². The maximum absolute atomic E-state index is 5.91. The van der Waals surface area contributed by atoms with Crippen molar-refractivity contribution in [1.29, 1.82) is 0 Å². The van der Waals surface area contributed by atoms with E-state index in [2.05, 4.69) is 26.8 Å². The van der Waals surface area contributed by atoms with E-state index in [1.165, 1.54) is 25.7 Å². The Kier molecular flexibility index (Phi) is 4.18. The smallest absolute Gasteiger partial charge is 0.00708 e. The van der Waals surface area contributed by atoms with E-state index >= 15 is 0 Å². The SMILES string of the molecule is CCC(N)C/C=C1\CCCC(C)(C)C1. The quantitative estimate of drug-likeness (QED) is 0.684. The van der Waals surface area contributed by atoms with Crippen molar-refractivity contribution in [2.45, 2.75) is 65.3 Å². The van der Waals surface area contributed by atoms with Gasteiger partial charge in [0, 0.05) is 6.04 Å². The van der Waals surface area contributed by atoms with Crippen molar-refractivity contribution in [2.24, 2.45) is 11.1 Å². The summed E-state index contributed by atoms with van der Waals surface area (Å²) in [6.45, 7) is 6.91. The largest absolute Gasteiger partial charge is 0.327 e. The van der Waals surface area contributed by atoms with Crippen molar-refractivity contribution in [3.05, 3.63) is 11.6 Å². The van der Waals surface area contributed by atoms with Crippen LogP contribution in [0.25, 0.3) is 0 Å². The molecule has 0 aliphatic heterocycles. The Balaban J connectivity index is 2.43. The van der Waals surface area contributed by atoms with E-state index in [1.807, 2.05) is 0 Å². The predicted molar refractivity (Wildman–Crippen MR) is 63.2 cm³/mol. The molecule has 1 aliphatic rings. The zero-order valence-corrected chi connectivity index (χ0v) is 9.97. The molecule has 1 fully saturated rings. The molecule has 0 bridgehead atoms. The molecule has 1 unspecified atom stereocenters. The fourth-order valence-corrected chi connectivity index (χ4v) is 2.24. The van der Waals surface area contributed by atoms with Gasteiger partial charge in [-0.1, -0.05) is 32.4 Å². The summed E-state index contributed by atoms with van der Waals surface area (Å²) in [7, 11) is 0. The lowest BCUT2D eigenvalue weighted by molar-refractivity contribution is 0.288. The number of rotatable bonds is 3. The number of allylic oxidation sites excluding steroid dienone is 1. The fourth-order valence-electron chi connectivity index (χ4n) is 2.24. The molecule has 0 saturated heterocycles. The molecule has 1 rings (SSSR count). The molecular weight excluding hydrogens is 170 g/mol. The third-order valence-electron chi connectivity index (χ3n) is 3.29. The molecule has 1 aliphatic carbocycles. The molecule has 0 heterocycles. The standard InChI is InChI=1S/C13H25N/c1-4-12(14)8-7-11-6-5-9-13(2,3)10-11/h7,12H,4-6,8-10,14H2,1-3H3/b11-7+. The highest BCUT2D eigenvalue weighted by Gasteiger charge is 2.23. The Morgan fingerprint density at radius 1 is 1.50 bits per heavy atom. The summed E-state index contributed by atoms with van der Waals surface area (Å²) in [5.41, 5.74) is 8.08. The zero-order chi connectivity index (χ0) is 10.6. The van der Waals surface area contributed by atoms with Crippen LogP contribution in [0.3, 0.4) is 0 Å². The topological polar surface area (TPSA) is 26.0 Å². The third-order valence-corrected chi connectivity index (χ3v) is 3.29. The number of nitrogens with two attached hydrogens (primary N) is 1. The van der Waals surface area contributed by atoms with Gasteiger partial charge < -0.3 is 5.73 Å². The van der Waals surface area contributed by atoms with Gasteiger partial charge in [-0.15, -0.1) is 0 Å². The van der Waals surface area contributed by atoms with Crippen molar-refractivity contribution in [2.75, 3.05) is 0 Å². The summed E-state index contributed by atoms with van der Waals surface area (Å²) in [6, 6.07) is 0.368. The lowest BCUT2D eigenvalue weighted by Crippen LogP contribution is -2.19. The van der Waals surface area contributed by atoms with Crippen molar-refractivity contribution in [1.82, 2.24) is 0 Å². The van der Waals surface area contributed by atoms with E-state index in [-0.39, 0.29) is 0 Å². The minimum Gasteiger partial charge on any atom is -0.327 e. The van der Waals surface area contributed by atoms with Gasteiger partial charge in [0.05, 0.1) is 0 Å². The zero-order valence-electron chi connectivity index (χ0n) is 9.97. The molecule has 0 aromatic carbocycles. The maximum atomic E-state index is 5.91. The van der Waals surface area contributed by atoms with Crippen LogP contribution in [0, 0.1) is 5.41 Å². The first-order valence-corrected chi connectivity index (χ1v) is 5.97. The van der Waals surface area contributed by atoms with E-state index in [0.717, 1.165) is 12.8 Å². The van der Waals surface area contributed by atoms with Gasteiger partial charge in [-0.3, -0.25) is 0 Å². The summed E-state index contributed by atoms with van der Waals surface area (Å²) in [5, 5.41) is 0. The van der Waals surface area contributed by atoms with Gasteiger partial charge >= 0.3 is 0 Å². The van der Waals surface area contributed by atoms with Crippen LogP contribution in [0.15, 0.2) is 11.6 Å². The van der Waals surface area contributed by atoms with Gasteiger partial charge in [0.15, 0.2) is 0 Å². The average Bonchev–Trinajstić information content (AvgIpc) is 2.12. The minimum absolute atomic E-state index is 0.368. The van der Waals surface area contributed by atoms with Gasteiger partial charge in [-0.25, -0.2) is 0 Å².